The fourth-order valence-electron chi connectivity index (χ4n) is 1.08. The van der Waals surface area contributed by atoms with Crippen molar-refractivity contribution in [3.05, 3.63) is 36.0 Å². The second kappa shape index (κ2) is 5.70. The zero-order chi connectivity index (χ0) is 11.1. The second-order valence-corrected chi connectivity index (χ2v) is 2.80. The van der Waals surface area contributed by atoms with Crippen LogP contribution in [0.1, 0.15) is 5.56 Å². The average Bonchev–Trinajstić information content (AvgIpc) is 2.29. The van der Waals surface area contributed by atoms with Gasteiger partial charge >= 0.3 is 6.03 Å². The molecule has 0 unspecified atom stereocenters. The summed E-state index contributed by atoms with van der Waals surface area (Å²) < 4.78 is 5.15. The Hall–Kier alpha value is -1.97. The molecule has 4 nitrogen and oxygen atoms in total. The average molecular weight is 206 g/mol. The van der Waals surface area contributed by atoms with Gasteiger partial charge in [0.05, 0.1) is 7.11 Å². The van der Waals surface area contributed by atoms with Crippen LogP contribution in [0.15, 0.2) is 30.5 Å². The largest absolute Gasteiger partial charge is 0.496 e. The zero-order valence-corrected chi connectivity index (χ0v) is 8.78. The van der Waals surface area contributed by atoms with E-state index in [1.807, 2.05) is 24.3 Å². The number of para-hydroxylation sites is 1. The highest BCUT2D eigenvalue weighted by atomic mass is 16.5. The molecule has 0 aliphatic heterocycles. The summed E-state index contributed by atoms with van der Waals surface area (Å²) in [5.41, 5.74) is 0.913. The van der Waals surface area contributed by atoms with Gasteiger partial charge in [0.1, 0.15) is 5.75 Å². The molecule has 1 aromatic carbocycles. The molecule has 0 aliphatic rings. The maximum Gasteiger partial charge on any atom is 0.318 e. The quantitative estimate of drug-likeness (QED) is 0.789. The third-order valence-electron chi connectivity index (χ3n) is 1.84. The van der Waals surface area contributed by atoms with Crippen LogP contribution < -0.4 is 15.4 Å². The molecule has 80 valence electrons. The summed E-state index contributed by atoms with van der Waals surface area (Å²) in [6.07, 6.45) is 3.34. The van der Waals surface area contributed by atoms with Gasteiger partial charge in [-0.15, -0.1) is 0 Å². The molecule has 4 heteroatoms. The van der Waals surface area contributed by atoms with Gasteiger partial charge in [-0.05, 0) is 12.1 Å². The number of rotatable bonds is 3. The van der Waals surface area contributed by atoms with Gasteiger partial charge in [-0.3, -0.25) is 0 Å². The predicted molar refractivity (Wildman–Crippen MR) is 59.6 cm³/mol. The Bertz CT molecular complexity index is 361. The number of ether oxygens (including phenoxy) is 1. The van der Waals surface area contributed by atoms with E-state index in [0.717, 1.165) is 11.3 Å². The van der Waals surface area contributed by atoms with E-state index in [9.17, 15) is 4.79 Å². The van der Waals surface area contributed by atoms with E-state index in [2.05, 4.69) is 10.6 Å². The fraction of sp³-hybridized carbons (Fsp3) is 0.182. The Morgan fingerprint density at radius 2 is 2.13 bits per heavy atom. The number of carbonyl (C=O) groups excluding carboxylic acids is 1. The van der Waals surface area contributed by atoms with Crippen molar-refractivity contribution in [1.82, 2.24) is 10.6 Å². The number of carbonyl (C=O) groups is 1. The van der Waals surface area contributed by atoms with Gasteiger partial charge in [0, 0.05) is 18.8 Å². The molecule has 2 N–H and O–H groups in total. The molecule has 0 radical (unpaired) electrons. The number of amides is 2. The molecule has 0 saturated carbocycles. The minimum atomic E-state index is -0.249. The predicted octanol–water partition coefficient (Wildman–Crippen LogP) is 1.59. The Balaban J connectivity index is 2.67. The van der Waals surface area contributed by atoms with Crippen LogP contribution in [0.25, 0.3) is 6.08 Å². The number of hydrogen-bond donors (Lipinski definition) is 2. The van der Waals surface area contributed by atoms with Crippen molar-refractivity contribution in [3.63, 3.8) is 0 Å². The van der Waals surface area contributed by atoms with E-state index in [4.69, 9.17) is 4.74 Å². The fourth-order valence-corrected chi connectivity index (χ4v) is 1.08. The molecule has 0 aliphatic carbocycles. The van der Waals surface area contributed by atoms with Gasteiger partial charge in [-0.2, -0.15) is 0 Å². The van der Waals surface area contributed by atoms with Crippen LogP contribution in [0.2, 0.25) is 0 Å². The molecule has 1 rings (SSSR count). The standard InChI is InChI=1S/C11H14N2O2/c1-12-11(14)13-8-7-9-5-3-4-6-10(9)15-2/h3-8H,1-2H3,(H2,12,13,14)/b8-7+. The van der Waals surface area contributed by atoms with Crippen LogP contribution in [-0.2, 0) is 0 Å². The number of methoxy groups -OCH3 is 1. The van der Waals surface area contributed by atoms with Gasteiger partial charge in [-0.1, -0.05) is 18.2 Å². The van der Waals surface area contributed by atoms with E-state index in [1.165, 1.54) is 0 Å². The summed E-state index contributed by atoms with van der Waals surface area (Å²) >= 11 is 0. The topological polar surface area (TPSA) is 50.4 Å². The summed E-state index contributed by atoms with van der Waals surface area (Å²) in [6.45, 7) is 0. The lowest BCUT2D eigenvalue weighted by atomic mass is 10.2. The summed E-state index contributed by atoms with van der Waals surface area (Å²) in [4.78, 5) is 10.9. The molecule has 0 atom stereocenters. The van der Waals surface area contributed by atoms with Crippen molar-refractivity contribution in [2.45, 2.75) is 0 Å². The Morgan fingerprint density at radius 3 is 2.80 bits per heavy atom. The van der Waals surface area contributed by atoms with E-state index in [1.54, 1.807) is 26.4 Å². The molecule has 0 spiro atoms. The molecule has 1 aromatic rings. The monoisotopic (exact) mass is 206 g/mol. The normalized spacial score (nSPS) is 10.0. The van der Waals surface area contributed by atoms with Gasteiger partial charge in [-0.25, -0.2) is 4.79 Å². The maximum absolute atomic E-state index is 10.9. The molecule has 2 amide bonds. The molecule has 15 heavy (non-hydrogen) atoms. The summed E-state index contributed by atoms with van der Waals surface area (Å²) in [6, 6.07) is 7.31. The van der Waals surface area contributed by atoms with Crippen molar-refractivity contribution in [2.24, 2.45) is 0 Å². The lowest BCUT2D eigenvalue weighted by molar-refractivity contribution is 0.246. The third kappa shape index (κ3) is 3.34. The second-order valence-electron chi connectivity index (χ2n) is 2.80. The van der Waals surface area contributed by atoms with E-state index >= 15 is 0 Å². The van der Waals surface area contributed by atoms with E-state index in [0.29, 0.717) is 0 Å². The number of urea groups is 1. The van der Waals surface area contributed by atoms with Gasteiger partial charge in [0.15, 0.2) is 0 Å². The first kappa shape index (κ1) is 11.1. The Morgan fingerprint density at radius 1 is 1.40 bits per heavy atom. The van der Waals surface area contributed by atoms with Crippen LogP contribution in [0.5, 0.6) is 5.75 Å². The third-order valence-corrected chi connectivity index (χ3v) is 1.84. The molecular weight excluding hydrogens is 192 g/mol. The maximum atomic E-state index is 10.9. The summed E-state index contributed by atoms with van der Waals surface area (Å²) in [5, 5.41) is 4.99. The highest BCUT2D eigenvalue weighted by Crippen LogP contribution is 2.17. The van der Waals surface area contributed by atoms with Crippen LogP contribution in [0.4, 0.5) is 4.79 Å². The Kier molecular flexibility index (Phi) is 4.22. The highest BCUT2D eigenvalue weighted by Gasteiger charge is 1.96. The van der Waals surface area contributed by atoms with Crippen LogP contribution in [0, 0.1) is 0 Å². The van der Waals surface area contributed by atoms with Crippen molar-refractivity contribution in [3.8, 4) is 5.75 Å². The molecule has 0 heterocycles. The highest BCUT2D eigenvalue weighted by molar-refractivity contribution is 5.75. The van der Waals surface area contributed by atoms with Crippen molar-refractivity contribution in [1.29, 1.82) is 0 Å². The lowest BCUT2D eigenvalue weighted by Crippen LogP contribution is -2.28. The van der Waals surface area contributed by atoms with E-state index in [-0.39, 0.29) is 6.03 Å². The van der Waals surface area contributed by atoms with Gasteiger partial charge in [0.2, 0.25) is 0 Å². The first-order valence-corrected chi connectivity index (χ1v) is 4.55. The number of benzene rings is 1. The minimum absolute atomic E-state index is 0.249. The SMILES string of the molecule is CNC(=O)N/C=C/c1ccccc1OC. The van der Waals surface area contributed by atoms with Gasteiger partial charge in [0.25, 0.3) is 0 Å². The summed E-state index contributed by atoms with van der Waals surface area (Å²) in [7, 11) is 3.17. The summed E-state index contributed by atoms with van der Waals surface area (Å²) in [5.74, 6) is 0.771. The van der Waals surface area contributed by atoms with Crippen LogP contribution >= 0.6 is 0 Å². The molecule has 0 bridgehead atoms. The lowest BCUT2D eigenvalue weighted by Gasteiger charge is -2.03. The molecular formula is C11H14N2O2. The Labute approximate surface area is 88.9 Å². The first-order chi connectivity index (χ1) is 7.27. The minimum Gasteiger partial charge on any atom is -0.496 e. The van der Waals surface area contributed by atoms with Crippen molar-refractivity contribution >= 4 is 12.1 Å². The first-order valence-electron chi connectivity index (χ1n) is 4.55. The molecule has 0 saturated heterocycles. The van der Waals surface area contributed by atoms with Crippen molar-refractivity contribution < 1.29 is 9.53 Å². The molecule has 0 aromatic heterocycles. The van der Waals surface area contributed by atoms with Crippen LogP contribution in [0.3, 0.4) is 0 Å². The van der Waals surface area contributed by atoms with E-state index < -0.39 is 0 Å². The molecule has 0 fully saturated rings. The number of hydrogen-bond acceptors (Lipinski definition) is 2. The van der Waals surface area contributed by atoms with Crippen LogP contribution in [-0.4, -0.2) is 20.2 Å². The number of nitrogens with one attached hydrogen (secondary N) is 2. The zero-order valence-electron chi connectivity index (χ0n) is 8.78. The van der Waals surface area contributed by atoms with Gasteiger partial charge < -0.3 is 15.4 Å². The van der Waals surface area contributed by atoms with Crippen molar-refractivity contribution in [2.75, 3.05) is 14.2 Å². The smallest absolute Gasteiger partial charge is 0.318 e.